The highest BCUT2D eigenvalue weighted by Gasteiger charge is 2.41. The summed E-state index contributed by atoms with van der Waals surface area (Å²) < 4.78 is 0. The summed E-state index contributed by atoms with van der Waals surface area (Å²) in [5.41, 5.74) is -0.951. The lowest BCUT2D eigenvalue weighted by Gasteiger charge is -2.37. The van der Waals surface area contributed by atoms with Gasteiger partial charge in [-0.2, -0.15) is 0 Å². The molecule has 0 aliphatic heterocycles. The van der Waals surface area contributed by atoms with Crippen molar-refractivity contribution in [1.29, 1.82) is 0 Å². The third-order valence-electron chi connectivity index (χ3n) is 4.57. The van der Waals surface area contributed by atoms with Crippen LogP contribution in [0.25, 0.3) is 0 Å². The van der Waals surface area contributed by atoms with Gasteiger partial charge in [0.2, 0.25) is 0 Å². The number of aliphatic hydroxyl groups is 1. The number of aliphatic carboxylic acids is 1. The molecule has 0 bridgehead atoms. The number of unbranched alkanes of at least 4 members (excludes halogenated alkanes) is 5. The van der Waals surface area contributed by atoms with Gasteiger partial charge in [-0.3, -0.25) is 4.79 Å². The monoisotopic (exact) mass is 282 g/mol. The van der Waals surface area contributed by atoms with Gasteiger partial charge in [0.1, 0.15) is 0 Å². The van der Waals surface area contributed by atoms with Crippen molar-refractivity contribution < 1.29 is 15.0 Å². The Kier molecular flexibility index (Phi) is 7.90. The summed E-state index contributed by atoms with van der Waals surface area (Å²) >= 11 is 0. The predicted octanol–water partition coefficient (Wildman–Crippen LogP) is 4.30. The highest BCUT2D eigenvalue weighted by molar-refractivity contribution is 5.71. The van der Waals surface area contributed by atoms with E-state index in [1.54, 1.807) is 0 Å². The lowest BCUT2D eigenvalue weighted by molar-refractivity contribution is -0.155. The lowest BCUT2D eigenvalue weighted by atomic mass is 9.73. The second kappa shape index (κ2) is 9.17. The van der Waals surface area contributed by atoms with Crippen LogP contribution in [0.1, 0.15) is 77.0 Å². The number of carbonyl (C=O) groups is 1. The smallest absolute Gasteiger partial charge is 0.309 e. The third-order valence-corrected chi connectivity index (χ3v) is 4.57. The summed E-state index contributed by atoms with van der Waals surface area (Å²) in [5.74, 6) is -1.39. The van der Waals surface area contributed by atoms with E-state index in [-0.39, 0.29) is 0 Å². The molecule has 0 saturated heterocycles. The minimum absolute atomic E-state index is 0.573. The Morgan fingerprint density at radius 1 is 1.10 bits per heavy atom. The molecule has 116 valence electrons. The Bertz CT molecular complexity index is 293. The van der Waals surface area contributed by atoms with Crippen molar-refractivity contribution in [3.8, 4) is 0 Å². The molecule has 0 heterocycles. The maximum Gasteiger partial charge on any atom is 0.309 e. The van der Waals surface area contributed by atoms with Crippen LogP contribution in [0.15, 0.2) is 12.7 Å². The number of carboxylic acids is 1. The largest absolute Gasteiger partial charge is 0.481 e. The Morgan fingerprint density at radius 3 is 2.30 bits per heavy atom. The third kappa shape index (κ3) is 5.66. The van der Waals surface area contributed by atoms with Crippen molar-refractivity contribution in [1.82, 2.24) is 0 Å². The Labute approximate surface area is 123 Å². The summed E-state index contributed by atoms with van der Waals surface area (Å²) in [5, 5.41) is 20.0. The van der Waals surface area contributed by atoms with Gasteiger partial charge in [0.15, 0.2) is 0 Å². The summed E-state index contributed by atoms with van der Waals surface area (Å²) in [6.07, 6.45) is 13.5. The molecule has 0 aromatic rings. The molecule has 20 heavy (non-hydrogen) atoms. The van der Waals surface area contributed by atoms with Gasteiger partial charge in [0, 0.05) is 0 Å². The van der Waals surface area contributed by atoms with Gasteiger partial charge in [-0.15, -0.1) is 6.58 Å². The van der Waals surface area contributed by atoms with E-state index in [9.17, 15) is 15.0 Å². The van der Waals surface area contributed by atoms with Gasteiger partial charge in [0.25, 0.3) is 0 Å². The highest BCUT2D eigenvalue weighted by atomic mass is 16.4. The van der Waals surface area contributed by atoms with Gasteiger partial charge in [-0.25, -0.2) is 0 Å². The highest BCUT2D eigenvalue weighted by Crippen LogP contribution is 2.37. The fourth-order valence-corrected chi connectivity index (χ4v) is 3.30. The molecule has 0 aromatic heterocycles. The number of hydrogen-bond acceptors (Lipinski definition) is 2. The normalized spacial score (nSPS) is 19.4. The van der Waals surface area contributed by atoms with E-state index in [1.165, 1.54) is 12.8 Å². The van der Waals surface area contributed by atoms with E-state index in [2.05, 4.69) is 6.58 Å². The SMILES string of the molecule is C=CCCCCCCCC(C(=O)O)C1(O)CCCCC1. The van der Waals surface area contributed by atoms with E-state index in [1.807, 2.05) is 6.08 Å². The number of allylic oxidation sites excluding steroid dienone is 1. The van der Waals surface area contributed by atoms with Crippen LogP contribution in [0.4, 0.5) is 0 Å². The molecule has 3 heteroatoms. The molecule has 1 unspecified atom stereocenters. The average molecular weight is 282 g/mol. The van der Waals surface area contributed by atoms with Crippen LogP contribution in [-0.2, 0) is 4.79 Å². The maximum atomic E-state index is 11.4. The van der Waals surface area contributed by atoms with Crippen LogP contribution >= 0.6 is 0 Å². The van der Waals surface area contributed by atoms with E-state index in [0.29, 0.717) is 19.3 Å². The molecule has 1 aliphatic carbocycles. The number of carboxylic acid groups (broad SMARTS) is 1. The zero-order chi connectivity index (χ0) is 14.8. The fourth-order valence-electron chi connectivity index (χ4n) is 3.30. The predicted molar refractivity (Wildman–Crippen MR) is 81.7 cm³/mol. The zero-order valence-electron chi connectivity index (χ0n) is 12.6. The lowest BCUT2D eigenvalue weighted by Crippen LogP contribution is -2.44. The fraction of sp³-hybridized carbons (Fsp3) is 0.824. The van der Waals surface area contributed by atoms with Gasteiger partial charge >= 0.3 is 5.97 Å². The quantitative estimate of drug-likeness (QED) is 0.464. The first-order valence-corrected chi connectivity index (χ1v) is 8.16. The molecule has 1 saturated carbocycles. The van der Waals surface area contributed by atoms with Crippen LogP contribution < -0.4 is 0 Å². The van der Waals surface area contributed by atoms with Crippen LogP contribution in [-0.4, -0.2) is 21.8 Å². The van der Waals surface area contributed by atoms with Crippen molar-refractivity contribution in [3.63, 3.8) is 0 Å². The maximum absolute atomic E-state index is 11.4. The van der Waals surface area contributed by atoms with Crippen molar-refractivity contribution in [2.45, 2.75) is 82.7 Å². The molecule has 0 aromatic carbocycles. The second-order valence-corrected chi connectivity index (χ2v) is 6.19. The van der Waals surface area contributed by atoms with Crippen molar-refractivity contribution in [2.24, 2.45) is 5.92 Å². The molecule has 0 spiro atoms. The molecule has 3 nitrogen and oxygen atoms in total. The van der Waals surface area contributed by atoms with Gasteiger partial charge in [0.05, 0.1) is 11.5 Å². The molecular weight excluding hydrogens is 252 g/mol. The van der Waals surface area contributed by atoms with E-state index < -0.39 is 17.5 Å². The first kappa shape index (κ1) is 17.2. The molecule has 1 aliphatic rings. The van der Waals surface area contributed by atoms with Gasteiger partial charge in [-0.05, 0) is 32.1 Å². The summed E-state index contributed by atoms with van der Waals surface area (Å²) in [4.78, 5) is 11.4. The minimum Gasteiger partial charge on any atom is -0.481 e. The molecule has 0 radical (unpaired) electrons. The van der Waals surface area contributed by atoms with Crippen LogP contribution in [0.3, 0.4) is 0 Å². The van der Waals surface area contributed by atoms with Crippen molar-refractivity contribution in [3.05, 3.63) is 12.7 Å². The van der Waals surface area contributed by atoms with Crippen LogP contribution in [0.5, 0.6) is 0 Å². The van der Waals surface area contributed by atoms with Crippen LogP contribution in [0, 0.1) is 5.92 Å². The van der Waals surface area contributed by atoms with E-state index in [0.717, 1.165) is 44.9 Å². The number of rotatable bonds is 10. The second-order valence-electron chi connectivity index (χ2n) is 6.19. The minimum atomic E-state index is -0.951. The first-order chi connectivity index (χ1) is 9.60. The Balaban J connectivity index is 2.29. The summed E-state index contributed by atoms with van der Waals surface area (Å²) in [6, 6.07) is 0. The van der Waals surface area contributed by atoms with E-state index in [4.69, 9.17) is 0 Å². The standard InChI is InChI=1S/C17H30O3/c1-2-3-4-5-6-7-9-12-15(16(18)19)17(20)13-10-8-11-14-17/h2,15,20H,1,3-14H2,(H,18,19). The summed E-state index contributed by atoms with van der Waals surface area (Å²) in [7, 11) is 0. The molecular formula is C17H30O3. The van der Waals surface area contributed by atoms with Crippen molar-refractivity contribution >= 4 is 5.97 Å². The van der Waals surface area contributed by atoms with Gasteiger partial charge < -0.3 is 10.2 Å². The van der Waals surface area contributed by atoms with E-state index >= 15 is 0 Å². The number of hydrogen-bond donors (Lipinski definition) is 2. The summed E-state index contributed by atoms with van der Waals surface area (Å²) in [6.45, 7) is 3.70. The molecule has 2 N–H and O–H groups in total. The zero-order valence-corrected chi connectivity index (χ0v) is 12.6. The van der Waals surface area contributed by atoms with Crippen LogP contribution in [0.2, 0.25) is 0 Å². The average Bonchev–Trinajstić information content (AvgIpc) is 2.42. The topological polar surface area (TPSA) is 57.5 Å². The Morgan fingerprint density at radius 2 is 1.70 bits per heavy atom. The Hall–Kier alpha value is -0.830. The first-order valence-electron chi connectivity index (χ1n) is 8.16. The molecule has 0 amide bonds. The van der Waals surface area contributed by atoms with Gasteiger partial charge in [-0.1, -0.05) is 51.0 Å². The molecule has 1 atom stereocenters. The molecule has 1 rings (SSSR count). The molecule has 1 fully saturated rings. The van der Waals surface area contributed by atoms with Crippen molar-refractivity contribution in [2.75, 3.05) is 0 Å².